The van der Waals surface area contributed by atoms with E-state index in [1.165, 1.54) is 77.6 Å². The quantitative estimate of drug-likeness (QED) is 0.112. The van der Waals surface area contributed by atoms with Gasteiger partial charge in [-0.25, -0.2) is 0 Å². The fraction of sp³-hybridized carbons (Fsp3) is 0. The van der Waals surface area contributed by atoms with Gasteiger partial charge in [0.25, 0.3) is 13.4 Å². The van der Waals surface area contributed by atoms with Gasteiger partial charge in [-0.05, 0) is 189 Å². The third-order valence-electron chi connectivity index (χ3n) is 24.6. The Hall–Kier alpha value is -15.4. The molecule has 0 amide bonds. The molecule has 0 aromatic heterocycles. The Morgan fingerprint density at radius 1 is 0.217 bits per heavy atom. The maximum absolute atomic E-state index is 7.59. The van der Waals surface area contributed by atoms with E-state index in [1.807, 2.05) is 0 Å². The minimum absolute atomic E-state index is 0.0642. The molecule has 0 saturated heterocycles. The van der Waals surface area contributed by atoms with E-state index in [2.05, 4.69) is 478 Å². The van der Waals surface area contributed by atoms with Crippen LogP contribution < -0.4 is 93.3 Å². The number of hydrogen-bond acceptors (Lipinski definition) is 8. The standard InChI is InChI=1S/2C54H37B2N3O/c1-6-20-38(21-7-1)56-47-37-50-53-54(52(47)44-30-16-18-32-48(44)59(56)42-28-14-5-15-29-42)60-51-36-43(57(39-22-8-2-9-23-39)40-24-10-3-11-25-40)34-35-46(51)55(53)45-31-17-19-33-49(45)58(50)41-26-12-4-13-27-41;1-6-20-38(21-7-1)56-47-37-51-53-54(52(47)44-30-16-18-32-48(44)59(56)42-28-14-5-15-29-42)58(41-26-12-4-13-27-41)49-33-19-17-31-45(49)55(53)46-35-34-43(36-50(46)60-51)57(39-22-8-2-9-23-39)40-24-10-3-11-25-40/h2*1-37H. The average molecular weight is 1530 g/mol. The molecule has 6 heterocycles. The summed E-state index contributed by atoms with van der Waals surface area (Å²) in [5.41, 5.74) is 34.6. The SMILES string of the molecule is c1ccc(B2c3cc4c5c(c3-c3ccccc3N2c2ccccc2)N(c2ccccc2)c2ccccc2B5c2ccc(N(c3ccccc3)c3ccccc3)cc2O4)cc1.c1ccc(B2c3cc4c5c(c3-c3ccccc3N2c2ccccc2)Oc2cc(N(c3ccccc3)c3ccccc3)ccc2B5c2ccccc2N4c2ccccc2)cc1. The van der Waals surface area contributed by atoms with E-state index in [1.54, 1.807) is 0 Å². The van der Waals surface area contributed by atoms with Crippen LogP contribution in [0.3, 0.4) is 0 Å². The second-order valence-corrected chi connectivity index (χ2v) is 31.3. The summed E-state index contributed by atoms with van der Waals surface area (Å²) in [6.45, 7) is -0.413. The van der Waals surface area contributed by atoms with Gasteiger partial charge in [-0.3, -0.25) is 0 Å². The molecule has 0 unspecified atom stereocenters. The monoisotopic (exact) mass is 1530 g/mol. The molecule has 18 aromatic carbocycles. The highest BCUT2D eigenvalue weighted by Gasteiger charge is 2.51. The van der Waals surface area contributed by atoms with Gasteiger partial charge in [0.05, 0.1) is 5.69 Å². The summed E-state index contributed by atoms with van der Waals surface area (Å²) in [6.07, 6.45) is 0. The molecule has 12 heteroatoms. The van der Waals surface area contributed by atoms with Gasteiger partial charge in [0.15, 0.2) is 0 Å². The molecule has 0 radical (unpaired) electrons. The zero-order chi connectivity index (χ0) is 79.1. The number of fused-ring (bicyclic) bond motifs is 16. The zero-order valence-corrected chi connectivity index (χ0v) is 65.5. The van der Waals surface area contributed by atoms with E-state index < -0.39 is 0 Å². The van der Waals surface area contributed by atoms with Crippen molar-refractivity contribution in [1.82, 2.24) is 0 Å². The lowest BCUT2D eigenvalue weighted by Crippen LogP contribution is -2.62. The maximum Gasteiger partial charge on any atom is 0.329 e. The van der Waals surface area contributed by atoms with E-state index in [0.29, 0.717) is 0 Å². The third kappa shape index (κ3) is 11.6. The van der Waals surface area contributed by atoms with Gasteiger partial charge >= 0.3 is 13.7 Å². The van der Waals surface area contributed by atoms with E-state index in [9.17, 15) is 0 Å². The van der Waals surface area contributed by atoms with Crippen LogP contribution in [-0.2, 0) is 0 Å². The predicted octanol–water partition coefficient (Wildman–Crippen LogP) is 21.0. The molecule has 0 saturated carbocycles. The van der Waals surface area contributed by atoms with Crippen LogP contribution in [0.15, 0.2) is 449 Å². The molecular weight excluding hydrogens is 1460 g/mol. The number of hydrogen-bond donors (Lipinski definition) is 0. The molecule has 24 rings (SSSR count). The summed E-state index contributed by atoms with van der Waals surface area (Å²) in [5.74, 6) is 3.53. The largest absolute Gasteiger partial charge is 0.458 e. The van der Waals surface area contributed by atoms with Crippen LogP contribution in [0.1, 0.15) is 0 Å². The molecular formula is C108H74B4N6O2. The molecule has 560 valence electrons. The van der Waals surface area contributed by atoms with Crippen molar-refractivity contribution in [3.63, 3.8) is 0 Å². The van der Waals surface area contributed by atoms with Crippen molar-refractivity contribution in [3.8, 4) is 45.3 Å². The molecule has 0 spiro atoms. The summed E-state index contributed by atoms with van der Waals surface area (Å²) < 4.78 is 15.0. The molecule has 0 bridgehead atoms. The Morgan fingerprint density at radius 3 is 1.01 bits per heavy atom. The number of benzene rings is 18. The first-order valence-corrected chi connectivity index (χ1v) is 41.3. The topological polar surface area (TPSA) is 37.9 Å². The first-order chi connectivity index (χ1) is 59.6. The van der Waals surface area contributed by atoms with Crippen LogP contribution >= 0.6 is 0 Å². The first kappa shape index (κ1) is 70.1. The van der Waals surface area contributed by atoms with Crippen molar-refractivity contribution in [2.24, 2.45) is 0 Å². The molecule has 0 fully saturated rings. The Morgan fingerprint density at radius 2 is 0.558 bits per heavy atom. The molecule has 6 aliphatic heterocycles. The van der Waals surface area contributed by atoms with Gasteiger partial charge in [0, 0.05) is 120 Å². The summed E-state index contributed by atoms with van der Waals surface area (Å²) in [6, 6.07) is 162. The van der Waals surface area contributed by atoms with Crippen molar-refractivity contribution in [1.29, 1.82) is 0 Å². The van der Waals surface area contributed by atoms with Gasteiger partial charge in [-0.2, -0.15) is 0 Å². The highest BCUT2D eigenvalue weighted by molar-refractivity contribution is 7.01. The zero-order valence-electron chi connectivity index (χ0n) is 65.5. The number of ether oxygens (including phenoxy) is 2. The van der Waals surface area contributed by atoms with E-state index >= 15 is 0 Å². The maximum atomic E-state index is 7.59. The molecule has 6 aliphatic rings. The molecule has 0 atom stereocenters. The van der Waals surface area contributed by atoms with Crippen LogP contribution in [0.4, 0.5) is 91.0 Å². The number of anilines is 16. The first-order valence-electron chi connectivity index (χ1n) is 41.3. The minimum atomic E-state index is -0.142. The van der Waals surface area contributed by atoms with Gasteiger partial charge in [-0.15, -0.1) is 0 Å². The third-order valence-corrected chi connectivity index (χ3v) is 24.6. The molecule has 18 aromatic rings. The van der Waals surface area contributed by atoms with Gasteiger partial charge in [0.1, 0.15) is 23.0 Å². The average Bonchev–Trinajstić information content (AvgIpc) is 0.691. The number of para-hydroxylation sites is 12. The van der Waals surface area contributed by atoms with Crippen LogP contribution in [0.25, 0.3) is 22.3 Å². The van der Waals surface area contributed by atoms with Gasteiger partial charge < -0.3 is 38.7 Å². The summed E-state index contributed by atoms with van der Waals surface area (Å²) in [7, 11) is 0. The molecule has 0 N–H and O–H groups in total. The smallest absolute Gasteiger partial charge is 0.329 e. The summed E-state index contributed by atoms with van der Waals surface area (Å²) in [4.78, 5) is 14.6. The van der Waals surface area contributed by atoms with E-state index in [4.69, 9.17) is 9.47 Å². The molecule has 8 nitrogen and oxygen atoms in total. The van der Waals surface area contributed by atoms with Crippen molar-refractivity contribution >= 4 is 173 Å². The Labute approximate surface area is 700 Å². The van der Waals surface area contributed by atoms with Gasteiger partial charge in [0.2, 0.25) is 0 Å². The second-order valence-electron chi connectivity index (χ2n) is 31.3. The highest BCUT2D eigenvalue weighted by Crippen LogP contribution is 2.53. The second kappa shape index (κ2) is 29.4. The number of nitrogens with zero attached hydrogens (tertiary/aromatic N) is 6. The van der Waals surface area contributed by atoms with Crippen LogP contribution in [0, 0.1) is 0 Å². The lowest BCUT2D eigenvalue weighted by Gasteiger charge is -2.45. The lowest BCUT2D eigenvalue weighted by molar-refractivity contribution is 0.488. The fourth-order valence-corrected chi connectivity index (χ4v) is 19.7. The van der Waals surface area contributed by atoms with Crippen molar-refractivity contribution in [3.05, 3.63) is 449 Å². The van der Waals surface area contributed by atoms with Crippen LogP contribution in [0.5, 0.6) is 23.0 Å². The van der Waals surface area contributed by atoms with E-state index in [0.717, 1.165) is 113 Å². The van der Waals surface area contributed by atoms with Crippen molar-refractivity contribution in [2.75, 3.05) is 29.2 Å². The molecule has 0 aliphatic carbocycles. The summed E-state index contributed by atoms with van der Waals surface area (Å²) >= 11 is 0. The van der Waals surface area contributed by atoms with Crippen LogP contribution in [-0.4, -0.2) is 27.1 Å². The normalized spacial score (nSPS) is 13.0. The van der Waals surface area contributed by atoms with Crippen LogP contribution in [0.2, 0.25) is 0 Å². The van der Waals surface area contributed by atoms with Crippen molar-refractivity contribution < 1.29 is 9.47 Å². The van der Waals surface area contributed by atoms with E-state index in [-0.39, 0.29) is 27.1 Å². The number of rotatable bonds is 12. The van der Waals surface area contributed by atoms with Gasteiger partial charge in [-0.1, -0.05) is 302 Å². The lowest BCUT2D eigenvalue weighted by atomic mass is 9.33. The Kier molecular flexibility index (Phi) is 17.2. The predicted molar refractivity (Wildman–Crippen MR) is 505 cm³/mol. The fourth-order valence-electron chi connectivity index (χ4n) is 19.7. The summed E-state index contributed by atoms with van der Waals surface area (Å²) in [5, 5.41) is 0. The van der Waals surface area contributed by atoms with Crippen molar-refractivity contribution in [2.45, 2.75) is 0 Å². The Bertz CT molecular complexity index is 6730. The Balaban J connectivity index is 0.000000140. The minimum Gasteiger partial charge on any atom is -0.458 e. The highest BCUT2D eigenvalue weighted by atomic mass is 16.5. The molecule has 120 heavy (non-hydrogen) atoms.